The Morgan fingerprint density at radius 3 is 2.09 bits per heavy atom. The predicted octanol–water partition coefficient (Wildman–Crippen LogP) is 1.57. The minimum atomic E-state index is -1.11. The van der Waals surface area contributed by atoms with Gasteiger partial charge in [-0.25, -0.2) is 9.78 Å². The summed E-state index contributed by atoms with van der Waals surface area (Å²) in [6.07, 6.45) is 3.69. The number of carboxylic acid groups (broad SMARTS) is 1. The van der Waals surface area contributed by atoms with Crippen molar-refractivity contribution in [2.45, 2.75) is 57.2 Å². The lowest BCUT2D eigenvalue weighted by atomic mass is 9.94. The van der Waals surface area contributed by atoms with Crippen molar-refractivity contribution in [3.05, 3.63) is 0 Å². The Bertz CT molecular complexity index is 429. The monoisotopic (exact) mass is 330 g/mol. The van der Waals surface area contributed by atoms with Crippen LogP contribution in [0.25, 0.3) is 0 Å². The van der Waals surface area contributed by atoms with Gasteiger partial charge in [-0.15, -0.1) is 0 Å². The van der Waals surface area contributed by atoms with E-state index in [9.17, 15) is 14.4 Å². The van der Waals surface area contributed by atoms with Crippen LogP contribution in [-0.4, -0.2) is 41.6 Å². The number of carbonyl (C=O) groups is 3. The predicted molar refractivity (Wildman–Crippen MR) is 74.9 cm³/mol. The van der Waals surface area contributed by atoms with Gasteiger partial charge in [-0.05, 0) is 12.8 Å². The first-order valence-corrected chi connectivity index (χ1v) is 7.90. The summed E-state index contributed by atoms with van der Waals surface area (Å²) in [5.74, 6) is -3.68. The Labute approximate surface area is 133 Å². The summed E-state index contributed by atoms with van der Waals surface area (Å²) in [4.78, 5) is 54.8. The average molecular weight is 330 g/mol. The van der Waals surface area contributed by atoms with Gasteiger partial charge in [0.15, 0.2) is 11.6 Å². The molecule has 0 radical (unpaired) electrons. The lowest BCUT2D eigenvalue weighted by Gasteiger charge is -2.36. The van der Waals surface area contributed by atoms with Crippen molar-refractivity contribution in [1.29, 1.82) is 0 Å². The largest absolute Gasteiger partial charge is 0.481 e. The van der Waals surface area contributed by atoms with Crippen molar-refractivity contribution < 1.29 is 39.0 Å². The normalized spacial score (nSPS) is 22.3. The Kier molecular flexibility index (Phi) is 6.64. The molecule has 2 aliphatic rings. The number of carbonyl (C=O) groups excluding carboxylic acids is 2. The first-order valence-electron chi connectivity index (χ1n) is 7.90. The minimum absolute atomic E-state index is 0.0851. The smallest absolute Gasteiger partial charge is 0.303 e. The van der Waals surface area contributed by atoms with E-state index >= 15 is 0 Å². The highest BCUT2D eigenvalue weighted by Crippen LogP contribution is 2.34. The molecule has 0 aromatic rings. The lowest BCUT2D eigenvalue weighted by Crippen LogP contribution is -2.41. The van der Waals surface area contributed by atoms with Crippen molar-refractivity contribution in [3.63, 3.8) is 0 Å². The SMILES string of the molecule is O=C(O)CCC(=O)C(=O)CC1COOC2(CCCCC2)OOC1. The van der Waals surface area contributed by atoms with Crippen LogP contribution in [-0.2, 0) is 33.9 Å². The van der Waals surface area contributed by atoms with E-state index in [1.165, 1.54) is 0 Å². The van der Waals surface area contributed by atoms with E-state index < -0.39 is 23.3 Å². The molecule has 1 heterocycles. The fraction of sp³-hybridized carbons (Fsp3) is 0.800. The van der Waals surface area contributed by atoms with Gasteiger partial charge in [-0.2, -0.15) is 9.78 Å². The third-order valence-corrected chi connectivity index (χ3v) is 4.00. The fourth-order valence-electron chi connectivity index (χ4n) is 2.65. The molecule has 1 aliphatic heterocycles. The number of rotatable bonds is 6. The molecule has 0 unspecified atom stereocenters. The van der Waals surface area contributed by atoms with E-state index in [0.717, 1.165) is 19.3 Å². The summed E-state index contributed by atoms with van der Waals surface area (Å²) in [7, 11) is 0. The van der Waals surface area contributed by atoms with Crippen molar-refractivity contribution in [1.82, 2.24) is 0 Å². The molecule has 0 aromatic heterocycles. The Balaban J connectivity index is 1.76. The van der Waals surface area contributed by atoms with E-state index in [0.29, 0.717) is 12.8 Å². The number of hydrogen-bond donors (Lipinski definition) is 1. The van der Waals surface area contributed by atoms with Gasteiger partial charge in [0.1, 0.15) is 0 Å². The van der Waals surface area contributed by atoms with E-state index in [1.54, 1.807) is 0 Å². The summed E-state index contributed by atoms with van der Waals surface area (Å²) >= 11 is 0. The van der Waals surface area contributed by atoms with Crippen LogP contribution >= 0.6 is 0 Å². The molecule has 1 N–H and O–H groups in total. The van der Waals surface area contributed by atoms with E-state index in [1.807, 2.05) is 0 Å². The van der Waals surface area contributed by atoms with E-state index in [-0.39, 0.29) is 38.4 Å². The number of carboxylic acids is 1. The van der Waals surface area contributed by atoms with Gasteiger partial charge in [-0.1, -0.05) is 6.42 Å². The van der Waals surface area contributed by atoms with Crippen molar-refractivity contribution >= 4 is 17.5 Å². The first-order chi connectivity index (χ1) is 11.0. The Hall–Kier alpha value is -1.35. The van der Waals surface area contributed by atoms with Gasteiger partial charge in [-0.3, -0.25) is 14.4 Å². The lowest BCUT2D eigenvalue weighted by molar-refractivity contribution is -0.532. The summed E-state index contributed by atoms with van der Waals surface area (Å²) in [6.45, 7) is 0.228. The number of ketones is 2. The maximum Gasteiger partial charge on any atom is 0.303 e. The van der Waals surface area contributed by atoms with Crippen LogP contribution in [0.15, 0.2) is 0 Å². The van der Waals surface area contributed by atoms with Crippen molar-refractivity contribution in [2.24, 2.45) is 5.92 Å². The molecule has 0 amide bonds. The van der Waals surface area contributed by atoms with E-state index in [2.05, 4.69) is 0 Å². The molecule has 8 nitrogen and oxygen atoms in total. The number of hydrogen-bond acceptors (Lipinski definition) is 7. The molecule has 1 aliphatic carbocycles. The van der Waals surface area contributed by atoms with Gasteiger partial charge in [0.25, 0.3) is 0 Å². The highest BCUT2D eigenvalue weighted by Gasteiger charge is 2.39. The highest BCUT2D eigenvalue weighted by atomic mass is 17.3. The highest BCUT2D eigenvalue weighted by molar-refractivity contribution is 6.37. The maximum atomic E-state index is 11.8. The van der Waals surface area contributed by atoms with Gasteiger partial charge in [0, 0.05) is 31.6 Å². The van der Waals surface area contributed by atoms with Crippen LogP contribution in [0, 0.1) is 5.92 Å². The number of aliphatic carboxylic acids is 1. The summed E-state index contributed by atoms with van der Waals surface area (Å²) in [5.41, 5.74) is 0. The molecule has 2 rings (SSSR count). The Morgan fingerprint density at radius 2 is 1.52 bits per heavy atom. The van der Waals surface area contributed by atoms with Crippen LogP contribution < -0.4 is 0 Å². The summed E-state index contributed by atoms with van der Waals surface area (Å²) in [5, 5.41) is 8.52. The standard InChI is InChI=1S/C15H22O8/c16-12(4-5-14(18)19)13(17)8-11-9-20-22-15(23-21-10-11)6-2-1-3-7-15/h11H,1-10H2,(H,18,19). The number of Topliss-reactive ketones (excluding diaryl/α,β-unsaturated/α-hetero) is 2. The fourth-order valence-corrected chi connectivity index (χ4v) is 2.65. The van der Waals surface area contributed by atoms with Gasteiger partial charge < -0.3 is 5.11 Å². The quantitative estimate of drug-likeness (QED) is 0.577. The van der Waals surface area contributed by atoms with Crippen LogP contribution in [0.5, 0.6) is 0 Å². The molecule has 1 spiro atoms. The molecule has 130 valence electrons. The first kappa shape index (κ1) is 18.0. The van der Waals surface area contributed by atoms with Crippen LogP contribution in [0.2, 0.25) is 0 Å². The van der Waals surface area contributed by atoms with Crippen LogP contribution in [0.4, 0.5) is 0 Å². The minimum Gasteiger partial charge on any atom is -0.481 e. The zero-order valence-electron chi connectivity index (χ0n) is 13.0. The molecule has 2 fully saturated rings. The second kappa shape index (κ2) is 8.49. The zero-order valence-corrected chi connectivity index (χ0v) is 13.0. The summed E-state index contributed by atoms with van der Waals surface area (Å²) < 4.78 is 0. The molecule has 0 aromatic carbocycles. The second-order valence-electron chi connectivity index (χ2n) is 6.02. The second-order valence-corrected chi connectivity index (χ2v) is 6.02. The van der Waals surface area contributed by atoms with E-state index in [4.69, 9.17) is 24.7 Å². The topological polar surface area (TPSA) is 108 Å². The van der Waals surface area contributed by atoms with Crippen LogP contribution in [0.3, 0.4) is 0 Å². The molecule has 8 heteroatoms. The van der Waals surface area contributed by atoms with Crippen LogP contribution in [0.1, 0.15) is 51.4 Å². The molecular formula is C15H22O8. The zero-order chi connectivity index (χ0) is 16.7. The van der Waals surface area contributed by atoms with Gasteiger partial charge >= 0.3 is 5.97 Å². The molecule has 0 atom stereocenters. The van der Waals surface area contributed by atoms with Gasteiger partial charge in [0.2, 0.25) is 5.79 Å². The third-order valence-electron chi connectivity index (χ3n) is 4.00. The molecule has 1 saturated heterocycles. The third kappa shape index (κ3) is 5.65. The Morgan fingerprint density at radius 1 is 0.913 bits per heavy atom. The van der Waals surface area contributed by atoms with Crippen molar-refractivity contribution in [2.75, 3.05) is 13.2 Å². The molecule has 0 bridgehead atoms. The van der Waals surface area contributed by atoms with Crippen molar-refractivity contribution in [3.8, 4) is 0 Å². The molecule has 1 saturated carbocycles. The maximum absolute atomic E-state index is 11.8. The summed E-state index contributed by atoms with van der Waals surface area (Å²) in [6, 6.07) is 0. The average Bonchev–Trinajstić information content (AvgIpc) is 2.51. The molecular weight excluding hydrogens is 308 g/mol. The van der Waals surface area contributed by atoms with Gasteiger partial charge in [0.05, 0.1) is 19.6 Å². The molecule has 23 heavy (non-hydrogen) atoms.